The van der Waals surface area contributed by atoms with E-state index in [9.17, 15) is 14.4 Å². The Morgan fingerprint density at radius 1 is 0.949 bits per heavy atom. The summed E-state index contributed by atoms with van der Waals surface area (Å²) in [5.41, 5.74) is 1.48. The number of amides is 3. The van der Waals surface area contributed by atoms with E-state index in [1.807, 2.05) is 17.9 Å². The fraction of sp³-hybridized carbons (Fsp3) is 0.531. The molecule has 1 saturated carbocycles. The van der Waals surface area contributed by atoms with Gasteiger partial charge in [-0.2, -0.15) is 0 Å². The quantitative estimate of drug-likeness (QED) is 0.454. The van der Waals surface area contributed by atoms with Crippen molar-refractivity contribution in [2.24, 2.45) is 16.7 Å². The predicted molar refractivity (Wildman–Crippen MR) is 151 cm³/mol. The molecule has 1 atom stereocenters. The van der Waals surface area contributed by atoms with Crippen molar-refractivity contribution in [2.75, 3.05) is 24.6 Å². The van der Waals surface area contributed by atoms with Crippen LogP contribution in [0.3, 0.4) is 0 Å². The summed E-state index contributed by atoms with van der Waals surface area (Å²) in [5, 5.41) is 0. The Labute approximate surface area is 232 Å². The summed E-state index contributed by atoms with van der Waals surface area (Å²) in [5.74, 6) is -0.0292. The molecule has 5 rings (SSSR count). The van der Waals surface area contributed by atoms with Gasteiger partial charge < -0.3 is 9.64 Å². The molecule has 2 saturated heterocycles. The molecule has 7 heteroatoms. The number of hydrogen-bond donors (Lipinski definition) is 0. The molecule has 3 aliphatic rings. The van der Waals surface area contributed by atoms with Crippen molar-refractivity contribution in [1.29, 1.82) is 0 Å². The number of nitrogens with zero attached hydrogens (tertiary/aromatic N) is 3. The zero-order chi connectivity index (χ0) is 27.9. The van der Waals surface area contributed by atoms with E-state index in [1.54, 1.807) is 24.3 Å². The number of ether oxygens (including phenoxy) is 1. The third-order valence-corrected chi connectivity index (χ3v) is 9.59. The molecule has 0 aromatic heterocycles. The zero-order valence-electron chi connectivity index (χ0n) is 23.9. The molecule has 0 N–H and O–H groups in total. The largest absolute Gasteiger partial charge is 0.494 e. The van der Waals surface area contributed by atoms with Crippen LogP contribution in [0.4, 0.5) is 5.69 Å². The second kappa shape index (κ2) is 10.4. The molecule has 2 aromatic carbocycles. The third-order valence-electron chi connectivity index (χ3n) is 9.59. The van der Waals surface area contributed by atoms with Crippen molar-refractivity contribution in [3.63, 3.8) is 0 Å². The molecule has 2 aliphatic heterocycles. The Morgan fingerprint density at radius 2 is 1.56 bits per heavy atom. The van der Waals surface area contributed by atoms with Crippen LogP contribution in [-0.4, -0.2) is 59.3 Å². The van der Waals surface area contributed by atoms with E-state index in [0.717, 1.165) is 32.5 Å². The molecule has 39 heavy (non-hydrogen) atoms. The predicted octanol–water partition coefficient (Wildman–Crippen LogP) is 4.89. The van der Waals surface area contributed by atoms with Gasteiger partial charge in [-0.25, -0.2) is 4.90 Å². The van der Waals surface area contributed by atoms with Crippen LogP contribution >= 0.6 is 0 Å². The number of rotatable bonds is 8. The number of benzene rings is 2. The number of anilines is 1. The van der Waals surface area contributed by atoms with Gasteiger partial charge in [-0.1, -0.05) is 58.0 Å². The summed E-state index contributed by atoms with van der Waals surface area (Å²) in [4.78, 5) is 46.8. The van der Waals surface area contributed by atoms with Crippen molar-refractivity contribution in [2.45, 2.75) is 72.5 Å². The molecular formula is C32H41N3O4. The van der Waals surface area contributed by atoms with Crippen molar-refractivity contribution >= 4 is 23.4 Å². The fourth-order valence-corrected chi connectivity index (χ4v) is 6.71. The first-order chi connectivity index (χ1) is 18.6. The topological polar surface area (TPSA) is 70.2 Å². The number of hydrogen-bond acceptors (Lipinski definition) is 5. The first-order valence-electron chi connectivity index (χ1n) is 14.2. The Balaban J connectivity index is 1.37. The Morgan fingerprint density at radius 3 is 2.13 bits per heavy atom. The summed E-state index contributed by atoms with van der Waals surface area (Å²) < 4.78 is 5.52. The first-order valence-corrected chi connectivity index (χ1v) is 14.2. The second-order valence-electron chi connectivity index (χ2n) is 12.3. The van der Waals surface area contributed by atoms with Gasteiger partial charge in [0.15, 0.2) is 0 Å². The summed E-state index contributed by atoms with van der Waals surface area (Å²) in [6.07, 6.45) is 1.59. The van der Waals surface area contributed by atoms with Gasteiger partial charge in [0.05, 0.1) is 18.7 Å². The van der Waals surface area contributed by atoms with Crippen LogP contribution in [0.2, 0.25) is 0 Å². The second-order valence-corrected chi connectivity index (χ2v) is 12.3. The maximum Gasteiger partial charge on any atom is 0.257 e. The van der Waals surface area contributed by atoms with Crippen LogP contribution in [-0.2, 0) is 20.9 Å². The van der Waals surface area contributed by atoms with E-state index in [0.29, 0.717) is 18.0 Å². The number of likely N-dealkylation sites (tertiary alicyclic amines) is 1. The summed E-state index contributed by atoms with van der Waals surface area (Å²) >= 11 is 0. The molecule has 7 nitrogen and oxygen atoms in total. The van der Waals surface area contributed by atoms with Gasteiger partial charge >= 0.3 is 0 Å². The maximum absolute atomic E-state index is 14.2. The van der Waals surface area contributed by atoms with E-state index in [2.05, 4.69) is 56.9 Å². The van der Waals surface area contributed by atoms with Gasteiger partial charge in [0, 0.05) is 31.6 Å². The Hall–Kier alpha value is -3.19. The van der Waals surface area contributed by atoms with Crippen LogP contribution in [0.15, 0.2) is 54.6 Å². The zero-order valence-corrected chi connectivity index (χ0v) is 23.9. The lowest BCUT2D eigenvalue weighted by molar-refractivity contribution is -0.144. The van der Waals surface area contributed by atoms with E-state index < -0.39 is 6.04 Å². The molecule has 3 fully saturated rings. The van der Waals surface area contributed by atoms with Crippen LogP contribution in [0.1, 0.15) is 59.4 Å². The van der Waals surface area contributed by atoms with Crippen molar-refractivity contribution in [3.05, 3.63) is 60.2 Å². The highest BCUT2D eigenvalue weighted by Gasteiger charge is 2.69. The molecule has 1 aliphatic carbocycles. The summed E-state index contributed by atoms with van der Waals surface area (Å²) in [6.45, 7) is 13.5. The number of carbonyl (C=O) groups excluding carboxylic acids is 3. The van der Waals surface area contributed by atoms with Gasteiger partial charge in [0.1, 0.15) is 11.8 Å². The SMILES string of the molecule is CCOc1ccc(N2C(=O)CC(N(C(=O)C3C(C)(C)C3(C)C)C3CCN(Cc4ccccc4)CC3)C2=O)cc1. The number of carbonyl (C=O) groups is 3. The van der Waals surface area contributed by atoms with E-state index in [-0.39, 0.29) is 46.9 Å². The molecule has 208 valence electrons. The van der Waals surface area contributed by atoms with Gasteiger partial charge in [-0.15, -0.1) is 0 Å². The van der Waals surface area contributed by atoms with E-state index in [1.165, 1.54) is 10.5 Å². The summed E-state index contributed by atoms with van der Waals surface area (Å²) in [7, 11) is 0. The van der Waals surface area contributed by atoms with Crippen LogP contribution < -0.4 is 9.64 Å². The van der Waals surface area contributed by atoms with Crippen molar-refractivity contribution in [1.82, 2.24) is 9.80 Å². The monoisotopic (exact) mass is 531 g/mol. The van der Waals surface area contributed by atoms with Crippen LogP contribution in [0.5, 0.6) is 5.75 Å². The lowest BCUT2D eigenvalue weighted by atomic mass is 9.97. The van der Waals surface area contributed by atoms with E-state index in [4.69, 9.17) is 4.74 Å². The number of imide groups is 1. The molecule has 1 unspecified atom stereocenters. The molecule has 2 heterocycles. The standard InChI is InChI=1S/C32H41N3O4/c1-6-39-25-14-12-23(13-15-25)35-27(36)20-26(29(35)37)34(30(38)28-31(2,3)32(28,4)5)24-16-18-33(19-17-24)21-22-10-8-7-9-11-22/h7-15,24,26,28H,6,16-21H2,1-5H3. The molecule has 0 radical (unpaired) electrons. The smallest absolute Gasteiger partial charge is 0.257 e. The summed E-state index contributed by atoms with van der Waals surface area (Å²) in [6, 6.07) is 16.6. The third kappa shape index (κ3) is 4.97. The molecule has 2 aromatic rings. The van der Waals surface area contributed by atoms with Gasteiger partial charge in [-0.3, -0.25) is 19.3 Å². The van der Waals surface area contributed by atoms with Gasteiger partial charge in [0.25, 0.3) is 5.91 Å². The maximum atomic E-state index is 14.2. The number of piperidine rings is 1. The molecule has 3 amide bonds. The van der Waals surface area contributed by atoms with Gasteiger partial charge in [-0.05, 0) is 60.4 Å². The highest BCUT2D eigenvalue weighted by Crippen LogP contribution is 2.69. The molecule has 0 bridgehead atoms. The lowest BCUT2D eigenvalue weighted by Gasteiger charge is -2.41. The normalized spacial score (nSPS) is 23.2. The van der Waals surface area contributed by atoms with E-state index >= 15 is 0 Å². The average molecular weight is 532 g/mol. The van der Waals surface area contributed by atoms with Crippen LogP contribution in [0, 0.1) is 16.7 Å². The van der Waals surface area contributed by atoms with Gasteiger partial charge in [0.2, 0.25) is 11.8 Å². The Kier molecular flexibility index (Phi) is 7.31. The lowest BCUT2D eigenvalue weighted by Crippen LogP contribution is -2.55. The average Bonchev–Trinajstić information content (AvgIpc) is 3.14. The Bertz CT molecular complexity index is 1200. The minimum atomic E-state index is -0.769. The fourth-order valence-electron chi connectivity index (χ4n) is 6.71. The highest BCUT2D eigenvalue weighted by molar-refractivity contribution is 6.23. The van der Waals surface area contributed by atoms with Crippen molar-refractivity contribution in [3.8, 4) is 5.75 Å². The minimum absolute atomic E-state index is 0.0196. The highest BCUT2D eigenvalue weighted by atomic mass is 16.5. The first kappa shape index (κ1) is 27.4. The molecule has 0 spiro atoms. The van der Waals surface area contributed by atoms with Crippen molar-refractivity contribution < 1.29 is 19.1 Å². The van der Waals surface area contributed by atoms with Crippen LogP contribution in [0.25, 0.3) is 0 Å². The molecular weight excluding hydrogens is 490 g/mol. The minimum Gasteiger partial charge on any atom is -0.494 e.